The fraction of sp³-hybridized carbons (Fsp3) is 0.538. The first kappa shape index (κ1) is 12.8. The lowest BCUT2D eigenvalue weighted by Gasteiger charge is -2.33. The molecule has 0 spiro atoms. The fourth-order valence-electron chi connectivity index (χ4n) is 2.75. The van der Waals surface area contributed by atoms with Gasteiger partial charge in [0.15, 0.2) is 0 Å². The summed E-state index contributed by atoms with van der Waals surface area (Å²) in [7, 11) is 0. The zero-order chi connectivity index (χ0) is 12.5. The molecular formula is C13H17ClFNO. The summed E-state index contributed by atoms with van der Waals surface area (Å²) in [6.07, 6.45) is 3.18. The Labute approximate surface area is 106 Å². The highest BCUT2D eigenvalue weighted by Gasteiger charge is 2.40. The number of aliphatic hydroxyl groups is 1. The maximum atomic E-state index is 13.3. The van der Waals surface area contributed by atoms with Crippen molar-refractivity contribution in [3.05, 3.63) is 34.6 Å². The number of hydrogen-bond donors (Lipinski definition) is 2. The molecule has 17 heavy (non-hydrogen) atoms. The van der Waals surface area contributed by atoms with Crippen LogP contribution in [-0.4, -0.2) is 11.7 Å². The van der Waals surface area contributed by atoms with Gasteiger partial charge in [0.1, 0.15) is 5.82 Å². The molecule has 94 valence electrons. The smallest absolute Gasteiger partial charge is 0.125 e. The molecule has 0 aromatic heterocycles. The molecule has 0 saturated heterocycles. The average molecular weight is 258 g/mol. The lowest BCUT2D eigenvalue weighted by molar-refractivity contribution is 0.0331. The Hall–Kier alpha value is -0.640. The van der Waals surface area contributed by atoms with Crippen molar-refractivity contribution in [2.24, 2.45) is 11.1 Å². The van der Waals surface area contributed by atoms with Gasteiger partial charge in [0, 0.05) is 17.0 Å². The SMILES string of the molecule is NCC1(C(O)c2cc(F)cc(Cl)c2)CCCC1. The van der Waals surface area contributed by atoms with Crippen LogP contribution in [0.4, 0.5) is 4.39 Å². The van der Waals surface area contributed by atoms with E-state index in [-0.39, 0.29) is 5.41 Å². The molecule has 0 aliphatic heterocycles. The van der Waals surface area contributed by atoms with Crippen molar-refractivity contribution in [3.63, 3.8) is 0 Å². The van der Waals surface area contributed by atoms with Crippen LogP contribution in [0, 0.1) is 11.2 Å². The number of nitrogens with two attached hydrogens (primary N) is 1. The highest BCUT2D eigenvalue weighted by molar-refractivity contribution is 6.30. The van der Waals surface area contributed by atoms with Gasteiger partial charge in [0.05, 0.1) is 6.10 Å². The summed E-state index contributed by atoms with van der Waals surface area (Å²) in [6, 6.07) is 4.19. The molecule has 1 atom stereocenters. The van der Waals surface area contributed by atoms with E-state index >= 15 is 0 Å². The van der Waals surface area contributed by atoms with Crippen LogP contribution in [0.5, 0.6) is 0 Å². The van der Waals surface area contributed by atoms with Crippen LogP contribution < -0.4 is 5.73 Å². The number of hydrogen-bond acceptors (Lipinski definition) is 2. The lowest BCUT2D eigenvalue weighted by atomic mass is 9.77. The minimum absolute atomic E-state index is 0.308. The molecule has 0 heterocycles. The van der Waals surface area contributed by atoms with E-state index in [1.165, 1.54) is 12.1 Å². The second kappa shape index (κ2) is 4.92. The van der Waals surface area contributed by atoms with E-state index < -0.39 is 11.9 Å². The van der Waals surface area contributed by atoms with E-state index in [0.717, 1.165) is 25.7 Å². The molecule has 3 N–H and O–H groups in total. The lowest BCUT2D eigenvalue weighted by Crippen LogP contribution is -2.34. The van der Waals surface area contributed by atoms with Gasteiger partial charge in [-0.2, -0.15) is 0 Å². The van der Waals surface area contributed by atoms with Crippen molar-refractivity contribution in [1.82, 2.24) is 0 Å². The minimum atomic E-state index is -0.733. The number of rotatable bonds is 3. The van der Waals surface area contributed by atoms with Crippen molar-refractivity contribution in [2.75, 3.05) is 6.54 Å². The Kier molecular flexibility index (Phi) is 3.71. The van der Waals surface area contributed by atoms with Crippen molar-refractivity contribution < 1.29 is 9.50 Å². The second-order valence-electron chi connectivity index (χ2n) is 4.88. The van der Waals surface area contributed by atoms with E-state index in [4.69, 9.17) is 17.3 Å². The molecule has 4 heteroatoms. The molecule has 0 bridgehead atoms. The molecule has 0 radical (unpaired) electrons. The van der Waals surface area contributed by atoms with Gasteiger partial charge in [-0.3, -0.25) is 0 Å². The van der Waals surface area contributed by atoms with E-state index in [9.17, 15) is 9.50 Å². The van der Waals surface area contributed by atoms with Gasteiger partial charge in [-0.25, -0.2) is 4.39 Å². The van der Waals surface area contributed by atoms with Crippen molar-refractivity contribution in [3.8, 4) is 0 Å². The van der Waals surface area contributed by atoms with E-state index in [0.29, 0.717) is 17.1 Å². The summed E-state index contributed by atoms with van der Waals surface area (Å²) in [5.41, 5.74) is 6.02. The molecule has 1 unspecified atom stereocenters. The number of halogens is 2. The first-order valence-corrected chi connectivity index (χ1v) is 6.29. The highest BCUT2D eigenvalue weighted by atomic mass is 35.5. The topological polar surface area (TPSA) is 46.2 Å². The maximum absolute atomic E-state index is 13.3. The zero-order valence-corrected chi connectivity index (χ0v) is 10.4. The third kappa shape index (κ3) is 2.46. The fourth-order valence-corrected chi connectivity index (χ4v) is 2.99. The Bertz CT molecular complexity index is 384. The van der Waals surface area contributed by atoms with Gasteiger partial charge in [-0.15, -0.1) is 0 Å². The minimum Gasteiger partial charge on any atom is -0.388 e. The molecule has 2 nitrogen and oxygen atoms in total. The first-order chi connectivity index (χ1) is 8.07. The Balaban J connectivity index is 2.32. The Morgan fingerprint density at radius 1 is 1.35 bits per heavy atom. The van der Waals surface area contributed by atoms with Crippen LogP contribution in [-0.2, 0) is 0 Å². The van der Waals surface area contributed by atoms with E-state index in [1.54, 1.807) is 6.07 Å². The number of benzene rings is 1. The molecule has 1 saturated carbocycles. The van der Waals surface area contributed by atoms with Crippen LogP contribution in [0.1, 0.15) is 37.4 Å². The third-order valence-corrected chi connectivity index (χ3v) is 4.00. The second-order valence-corrected chi connectivity index (χ2v) is 5.32. The Morgan fingerprint density at radius 3 is 2.53 bits per heavy atom. The third-order valence-electron chi connectivity index (χ3n) is 3.79. The molecular weight excluding hydrogens is 241 g/mol. The molecule has 0 amide bonds. The average Bonchev–Trinajstić information content (AvgIpc) is 2.76. The summed E-state index contributed by atoms with van der Waals surface area (Å²) in [5, 5.41) is 10.7. The largest absolute Gasteiger partial charge is 0.388 e. The van der Waals surface area contributed by atoms with Crippen molar-refractivity contribution >= 4 is 11.6 Å². The summed E-state index contributed by atoms with van der Waals surface area (Å²) in [6.45, 7) is 0.419. The zero-order valence-electron chi connectivity index (χ0n) is 9.63. The van der Waals surface area contributed by atoms with E-state index in [2.05, 4.69) is 0 Å². The van der Waals surface area contributed by atoms with Crippen molar-refractivity contribution in [2.45, 2.75) is 31.8 Å². The monoisotopic (exact) mass is 257 g/mol. The normalized spacial score (nSPS) is 20.5. The van der Waals surface area contributed by atoms with Crippen LogP contribution >= 0.6 is 11.6 Å². The molecule has 1 aromatic carbocycles. The summed E-state index contributed by atoms with van der Waals surface area (Å²) in [5.74, 6) is -0.420. The quantitative estimate of drug-likeness (QED) is 0.874. The predicted molar refractivity (Wildman–Crippen MR) is 66.3 cm³/mol. The van der Waals surface area contributed by atoms with Gasteiger partial charge in [0.2, 0.25) is 0 Å². The van der Waals surface area contributed by atoms with E-state index in [1.807, 2.05) is 0 Å². The predicted octanol–water partition coefficient (Wildman–Crippen LogP) is 3.03. The molecule has 1 fully saturated rings. The van der Waals surface area contributed by atoms with Crippen molar-refractivity contribution in [1.29, 1.82) is 0 Å². The molecule has 1 aliphatic rings. The maximum Gasteiger partial charge on any atom is 0.125 e. The van der Waals surface area contributed by atoms with Crippen LogP contribution in [0.15, 0.2) is 18.2 Å². The Morgan fingerprint density at radius 2 is 2.00 bits per heavy atom. The summed E-state index contributed by atoms with van der Waals surface area (Å²) >= 11 is 5.81. The number of aliphatic hydroxyl groups excluding tert-OH is 1. The van der Waals surface area contributed by atoms with Crippen LogP contribution in [0.2, 0.25) is 5.02 Å². The molecule has 2 rings (SSSR count). The summed E-state index contributed by atoms with van der Waals surface area (Å²) < 4.78 is 13.3. The van der Waals surface area contributed by atoms with Gasteiger partial charge < -0.3 is 10.8 Å². The first-order valence-electron chi connectivity index (χ1n) is 5.91. The highest BCUT2D eigenvalue weighted by Crippen LogP contribution is 2.47. The molecule has 1 aliphatic carbocycles. The van der Waals surface area contributed by atoms with Gasteiger partial charge >= 0.3 is 0 Å². The standard InChI is InChI=1S/C13H17ClFNO/c14-10-5-9(6-11(15)7-10)12(17)13(8-16)3-1-2-4-13/h5-7,12,17H,1-4,8,16H2. The molecule has 1 aromatic rings. The van der Waals surface area contributed by atoms with Crippen LogP contribution in [0.25, 0.3) is 0 Å². The van der Waals surface area contributed by atoms with Gasteiger partial charge in [0.25, 0.3) is 0 Å². The van der Waals surface area contributed by atoms with Gasteiger partial charge in [-0.05, 0) is 36.6 Å². The van der Waals surface area contributed by atoms with Gasteiger partial charge in [-0.1, -0.05) is 24.4 Å². The van der Waals surface area contributed by atoms with Crippen LogP contribution in [0.3, 0.4) is 0 Å². The summed E-state index contributed by atoms with van der Waals surface area (Å²) in [4.78, 5) is 0.